The number of alkyl carbamates (subject to hydrolysis) is 1. The third kappa shape index (κ3) is 4.05. The van der Waals surface area contributed by atoms with Gasteiger partial charge in [0.2, 0.25) is 0 Å². The van der Waals surface area contributed by atoms with Gasteiger partial charge in [-0.15, -0.1) is 0 Å². The molecular weight excluding hydrogens is 230 g/mol. The first-order valence-electron chi connectivity index (χ1n) is 6.25. The summed E-state index contributed by atoms with van der Waals surface area (Å²) >= 11 is 0. The first kappa shape index (κ1) is 14.5. The lowest BCUT2D eigenvalue weighted by Gasteiger charge is -2.22. The highest BCUT2D eigenvalue weighted by atomic mass is 16.6. The SMILES string of the molecule is CC[C@H](NC(=O)OC(C)(C)C)c1nc(C)c(C)[nH]1. The number of amides is 1. The zero-order chi connectivity index (χ0) is 13.9. The Bertz CT molecular complexity index is 399. The van der Waals surface area contributed by atoms with Crippen LogP contribution in [0.15, 0.2) is 0 Å². The lowest BCUT2D eigenvalue weighted by Crippen LogP contribution is -2.35. The maximum absolute atomic E-state index is 11.7. The van der Waals surface area contributed by atoms with Gasteiger partial charge in [-0.05, 0) is 41.0 Å². The highest BCUT2D eigenvalue weighted by molar-refractivity contribution is 5.68. The van der Waals surface area contributed by atoms with Gasteiger partial charge in [0.05, 0.1) is 11.7 Å². The Labute approximate surface area is 108 Å². The molecular formula is C13H23N3O2. The maximum atomic E-state index is 11.7. The molecule has 1 rings (SSSR count). The molecule has 0 unspecified atom stereocenters. The number of imidazole rings is 1. The van der Waals surface area contributed by atoms with E-state index in [-0.39, 0.29) is 6.04 Å². The number of nitrogens with zero attached hydrogens (tertiary/aromatic N) is 1. The molecule has 0 radical (unpaired) electrons. The third-order valence-electron chi connectivity index (χ3n) is 2.58. The minimum atomic E-state index is -0.489. The summed E-state index contributed by atoms with van der Waals surface area (Å²) in [6, 6.07) is -0.146. The number of ether oxygens (including phenoxy) is 1. The molecule has 0 bridgehead atoms. The van der Waals surface area contributed by atoms with Crippen molar-refractivity contribution in [2.24, 2.45) is 0 Å². The van der Waals surface area contributed by atoms with Gasteiger partial charge in [-0.2, -0.15) is 0 Å². The van der Waals surface area contributed by atoms with Crippen LogP contribution >= 0.6 is 0 Å². The number of hydrogen-bond donors (Lipinski definition) is 2. The number of aryl methyl sites for hydroxylation is 2. The first-order chi connectivity index (χ1) is 8.23. The van der Waals surface area contributed by atoms with E-state index >= 15 is 0 Å². The van der Waals surface area contributed by atoms with E-state index in [1.54, 1.807) is 0 Å². The molecule has 1 heterocycles. The van der Waals surface area contributed by atoms with Gasteiger partial charge in [-0.25, -0.2) is 9.78 Å². The number of H-pyrrole nitrogens is 1. The fraction of sp³-hybridized carbons (Fsp3) is 0.692. The van der Waals surface area contributed by atoms with Crippen molar-refractivity contribution >= 4 is 6.09 Å². The van der Waals surface area contributed by atoms with Crippen molar-refractivity contribution in [3.8, 4) is 0 Å². The molecule has 0 saturated carbocycles. The van der Waals surface area contributed by atoms with Crippen molar-refractivity contribution < 1.29 is 9.53 Å². The van der Waals surface area contributed by atoms with Gasteiger partial charge in [0.1, 0.15) is 11.4 Å². The highest BCUT2D eigenvalue weighted by Crippen LogP contribution is 2.16. The molecule has 1 atom stereocenters. The van der Waals surface area contributed by atoms with Crippen molar-refractivity contribution in [3.63, 3.8) is 0 Å². The normalized spacial score (nSPS) is 13.2. The summed E-state index contributed by atoms with van der Waals surface area (Å²) in [5.74, 6) is 0.776. The number of aromatic nitrogens is 2. The zero-order valence-corrected chi connectivity index (χ0v) is 12.0. The van der Waals surface area contributed by atoms with Crippen LogP contribution in [0.5, 0.6) is 0 Å². The third-order valence-corrected chi connectivity index (χ3v) is 2.58. The van der Waals surface area contributed by atoms with Crippen LogP contribution in [0.3, 0.4) is 0 Å². The van der Waals surface area contributed by atoms with Crippen LogP contribution in [0.2, 0.25) is 0 Å². The number of hydrogen-bond acceptors (Lipinski definition) is 3. The van der Waals surface area contributed by atoms with Gasteiger partial charge < -0.3 is 15.0 Å². The standard InChI is InChI=1S/C13H23N3O2/c1-7-10(11-14-8(2)9(3)15-11)16-12(17)18-13(4,5)6/h10H,7H2,1-6H3,(H,14,15)(H,16,17)/t10-/m0/s1. The second kappa shape index (κ2) is 5.42. The molecule has 0 aromatic carbocycles. The molecule has 1 amide bonds. The van der Waals surface area contributed by atoms with Crippen LogP contribution in [0.25, 0.3) is 0 Å². The smallest absolute Gasteiger partial charge is 0.408 e. The minimum absolute atomic E-state index is 0.146. The van der Waals surface area contributed by atoms with Crippen molar-refractivity contribution in [2.75, 3.05) is 0 Å². The van der Waals surface area contributed by atoms with E-state index in [1.807, 2.05) is 41.5 Å². The Hall–Kier alpha value is -1.52. The summed E-state index contributed by atoms with van der Waals surface area (Å²) < 4.78 is 5.24. The van der Waals surface area contributed by atoms with E-state index in [9.17, 15) is 4.79 Å². The van der Waals surface area contributed by atoms with E-state index in [2.05, 4.69) is 15.3 Å². The molecule has 1 aromatic heterocycles. The molecule has 5 nitrogen and oxygen atoms in total. The molecule has 0 aliphatic rings. The van der Waals surface area contributed by atoms with Crippen LogP contribution in [0, 0.1) is 13.8 Å². The first-order valence-corrected chi connectivity index (χ1v) is 6.25. The summed E-state index contributed by atoms with van der Waals surface area (Å²) in [5, 5.41) is 2.83. The number of aromatic amines is 1. The summed E-state index contributed by atoms with van der Waals surface area (Å²) in [4.78, 5) is 19.3. The number of carbonyl (C=O) groups excluding carboxylic acids is 1. The molecule has 18 heavy (non-hydrogen) atoms. The van der Waals surface area contributed by atoms with E-state index in [4.69, 9.17) is 4.74 Å². The van der Waals surface area contributed by atoms with Crippen LogP contribution in [-0.2, 0) is 4.74 Å². The Balaban J connectivity index is 2.71. The average Bonchev–Trinajstić information content (AvgIpc) is 2.53. The van der Waals surface area contributed by atoms with Crippen molar-refractivity contribution in [3.05, 3.63) is 17.2 Å². The number of rotatable bonds is 3. The maximum Gasteiger partial charge on any atom is 0.408 e. The Morgan fingerprint density at radius 2 is 2.06 bits per heavy atom. The Kier molecular flexibility index (Phi) is 4.38. The fourth-order valence-electron chi connectivity index (χ4n) is 1.55. The monoisotopic (exact) mass is 253 g/mol. The molecule has 0 spiro atoms. The van der Waals surface area contributed by atoms with Gasteiger partial charge in [-0.3, -0.25) is 0 Å². The molecule has 0 saturated heterocycles. The van der Waals surface area contributed by atoms with Gasteiger partial charge in [0.15, 0.2) is 0 Å². The average molecular weight is 253 g/mol. The largest absolute Gasteiger partial charge is 0.444 e. The molecule has 0 aliphatic carbocycles. The number of nitrogens with one attached hydrogen (secondary N) is 2. The van der Waals surface area contributed by atoms with Crippen LogP contribution in [0.1, 0.15) is 57.4 Å². The van der Waals surface area contributed by atoms with Crippen molar-refractivity contribution in [1.29, 1.82) is 0 Å². The van der Waals surface area contributed by atoms with E-state index in [0.717, 1.165) is 23.6 Å². The Morgan fingerprint density at radius 1 is 1.44 bits per heavy atom. The second-order valence-corrected chi connectivity index (χ2v) is 5.44. The molecule has 1 aromatic rings. The second-order valence-electron chi connectivity index (χ2n) is 5.44. The van der Waals surface area contributed by atoms with Crippen LogP contribution in [-0.4, -0.2) is 21.7 Å². The predicted molar refractivity (Wildman–Crippen MR) is 70.5 cm³/mol. The van der Waals surface area contributed by atoms with Crippen LogP contribution < -0.4 is 5.32 Å². The van der Waals surface area contributed by atoms with Gasteiger partial charge in [0, 0.05) is 5.69 Å². The van der Waals surface area contributed by atoms with Crippen molar-refractivity contribution in [1.82, 2.24) is 15.3 Å². The van der Waals surface area contributed by atoms with E-state index < -0.39 is 11.7 Å². The highest BCUT2D eigenvalue weighted by Gasteiger charge is 2.21. The van der Waals surface area contributed by atoms with Gasteiger partial charge >= 0.3 is 6.09 Å². The van der Waals surface area contributed by atoms with E-state index in [1.165, 1.54) is 0 Å². The lowest BCUT2D eigenvalue weighted by atomic mass is 10.2. The zero-order valence-electron chi connectivity index (χ0n) is 12.0. The summed E-state index contributed by atoms with van der Waals surface area (Å²) in [6.07, 6.45) is 0.340. The lowest BCUT2D eigenvalue weighted by molar-refractivity contribution is 0.0500. The molecule has 2 N–H and O–H groups in total. The quantitative estimate of drug-likeness (QED) is 0.870. The fourth-order valence-corrected chi connectivity index (χ4v) is 1.55. The summed E-state index contributed by atoms with van der Waals surface area (Å²) in [6.45, 7) is 11.4. The van der Waals surface area contributed by atoms with Crippen LogP contribution in [0.4, 0.5) is 4.79 Å². The number of carbonyl (C=O) groups is 1. The van der Waals surface area contributed by atoms with Gasteiger partial charge in [-0.1, -0.05) is 6.92 Å². The molecule has 0 aliphatic heterocycles. The molecule has 102 valence electrons. The summed E-state index contributed by atoms with van der Waals surface area (Å²) in [7, 11) is 0. The molecule has 0 fully saturated rings. The van der Waals surface area contributed by atoms with E-state index in [0.29, 0.717) is 0 Å². The van der Waals surface area contributed by atoms with Crippen molar-refractivity contribution in [2.45, 2.75) is 59.6 Å². The topological polar surface area (TPSA) is 67.0 Å². The minimum Gasteiger partial charge on any atom is -0.444 e. The summed E-state index contributed by atoms with van der Waals surface area (Å²) in [5.41, 5.74) is 1.49. The Morgan fingerprint density at radius 3 is 2.44 bits per heavy atom. The van der Waals surface area contributed by atoms with Gasteiger partial charge in [0.25, 0.3) is 0 Å². The predicted octanol–water partition coefficient (Wildman–Crippen LogP) is 3.00. The molecule has 5 heteroatoms.